The number of ether oxygens (including phenoxy) is 1. The topological polar surface area (TPSA) is 70.7 Å². The Morgan fingerprint density at radius 3 is 2.73 bits per heavy atom. The summed E-state index contributed by atoms with van der Waals surface area (Å²) in [6.45, 7) is 5.75. The van der Waals surface area contributed by atoms with E-state index in [1.54, 1.807) is 29.8 Å². The van der Waals surface area contributed by atoms with Crippen LogP contribution >= 0.6 is 22.7 Å². The Morgan fingerprint density at radius 1 is 1.19 bits per heavy atom. The molecule has 0 bridgehead atoms. The van der Waals surface area contributed by atoms with Crippen molar-refractivity contribution in [2.75, 3.05) is 24.3 Å². The van der Waals surface area contributed by atoms with Crippen LogP contribution < -0.4 is 18.7 Å². The summed E-state index contributed by atoms with van der Waals surface area (Å²) in [5.41, 5.74) is 3.59. The fourth-order valence-corrected chi connectivity index (χ4v) is 9.53. The Labute approximate surface area is 231 Å². The van der Waals surface area contributed by atoms with Gasteiger partial charge < -0.3 is 0 Å². The first-order valence-electron chi connectivity index (χ1n) is 12.1. The van der Waals surface area contributed by atoms with E-state index in [0.29, 0.717) is 13.0 Å². The molecule has 0 spiro atoms. The molecule has 0 radical (unpaired) electrons. The molecule has 0 saturated carbocycles. The van der Waals surface area contributed by atoms with Crippen molar-refractivity contribution in [3.05, 3.63) is 63.0 Å². The summed E-state index contributed by atoms with van der Waals surface area (Å²) in [6.07, 6.45) is 5.80. The molecule has 37 heavy (non-hydrogen) atoms. The number of hydrogen-bond acceptors (Lipinski definition) is 6. The van der Waals surface area contributed by atoms with Gasteiger partial charge >= 0.3 is 233 Å². The Balaban J connectivity index is 1.56. The van der Waals surface area contributed by atoms with Crippen molar-refractivity contribution >= 4 is 84.3 Å². The number of benzene rings is 2. The van der Waals surface area contributed by atoms with Crippen LogP contribution in [0.2, 0.25) is 0 Å². The molecule has 0 amide bonds. The molecule has 1 N–H and O–H groups in total. The van der Waals surface area contributed by atoms with Crippen molar-refractivity contribution in [3.8, 4) is 5.75 Å². The molecular formula is C27H29N2O4S3Se+. The molecule has 194 valence electrons. The predicted octanol–water partition coefficient (Wildman–Crippen LogP) is 5.19. The Bertz CT molecular complexity index is 1640. The van der Waals surface area contributed by atoms with Crippen molar-refractivity contribution in [1.82, 2.24) is 0 Å². The maximum atomic E-state index is 11.4. The number of aryl methyl sites for hydroxylation is 1. The molecule has 0 fully saturated rings. The summed E-state index contributed by atoms with van der Waals surface area (Å²) >= 11 is 3.64. The van der Waals surface area contributed by atoms with Gasteiger partial charge in [0, 0.05) is 0 Å². The molecule has 0 aliphatic carbocycles. The molecule has 2 aromatic carbocycles. The van der Waals surface area contributed by atoms with Crippen molar-refractivity contribution in [1.29, 1.82) is 0 Å². The number of rotatable bonds is 9. The van der Waals surface area contributed by atoms with Crippen LogP contribution in [0.15, 0.2) is 58.0 Å². The number of nitrogens with zero attached hydrogens (tertiary/aromatic N) is 2. The molecule has 2 aromatic heterocycles. The second-order valence-corrected chi connectivity index (χ2v) is 14.5. The zero-order valence-corrected chi connectivity index (χ0v) is 25.1. The molecule has 1 aliphatic heterocycles. The van der Waals surface area contributed by atoms with Crippen LogP contribution in [0.3, 0.4) is 0 Å². The van der Waals surface area contributed by atoms with Gasteiger partial charge in [-0.25, -0.2) is 0 Å². The van der Waals surface area contributed by atoms with Gasteiger partial charge in [0.2, 0.25) is 0 Å². The van der Waals surface area contributed by atoms with Gasteiger partial charge in [0.1, 0.15) is 0 Å². The number of hydrogen-bond donors (Lipinski definition) is 1. The molecule has 10 heteroatoms. The van der Waals surface area contributed by atoms with Crippen molar-refractivity contribution in [3.63, 3.8) is 0 Å². The third-order valence-electron chi connectivity index (χ3n) is 6.38. The molecule has 0 saturated heterocycles. The zero-order valence-electron chi connectivity index (χ0n) is 20.9. The van der Waals surface area contributed by atoms with E-state index < -0.39 is 10.1 Å². The molecule has 0 atom stereocenters. The van der Waals surface area contributed by atoms with Gasteiger partial charge in [0.15, 0.2) is 0 Å². The number of thiazole rings is 1. The second kappa shape index (κ2) is 10.9. The van der Waals surface area contributed by atoms with Crippen LogP contribution in [0.1, 0.15) is 31.7 Å². The molecule has 5 rings (SSSR count). The van der Waals surface area contributed by atoms with E-state index in [1.807, 2.05) is 6.07 Å². The van der Waals surface area contributed by atoms with Crippen molar-refractivity contribution in [2.45, 2.75) is 33.2 Å². The van der Waals surface area contributed by atoms with Gasteiger partial charge in [-0.2, -0.15) is 0 Å². The monoisotopic (exact) mass is 621 g/mol. The normalized spacial score (nSPS) is 15.3. The first-order valence-corrected chi connectivity index (χ1v) is 17.2. The van der Waals surface area contributed by atoms with Crippen molar-refractivity contribution < 1.29 is 22.3 Å². The van der Waals surface area contributed by atoms with Crippen LogP contribution in [0, 0.1) is 0 Å². The summed E-state index contributed by atoms with van der Waals surface area (Å²) in [7, 11) is -2.30. The number of fused-ring (bicyclic) bond motifs is 4. The minimum atomic E-state index is -4.00. The molecule has 3 heterocycles. The van der Waals surface area contributed by atoms with E-state index in [0.717, 1.165) is 29.2 Å². The van der Waals surface area contributed by atoms with Gasteiger partial charge in [-0.15, -0.1) is 0 Å². The van der Waals surface area contributed by atoms with Gasteiger partial charge in [0.05, 0.1) is 0 Å². The average Bonchev–Trinajstić information content (AvgIpc) is 3.57. The fraction of sp³-hybridized carbons (Fsp3) is 0.296. The van der Waals surface area contributed by atoms with Gasteiger partial charge in [0.25, 0.3) is 0 Å². The maximum absolute atomic E-state index is 11.4. The summed E-state index contributed by atoms with van der Waals surface area (Å²) in [4.78, 5) is 2.38. The molecule has 0 unspecified atom stereocenters. The number of thiophene rings is 1. The van der Waals surface area contributed by atoms with Crippen LogP contribution in [-0.4, -0.2) is 47.3 Å². The SMILES string of the molecule is CCC(/C=C1\[Se]c2ccc(OC)cc2N1CC)=C\c1sc2ccc3sccc3c2[n+]1CCCS(=O)(=O)O. The number of methoxy groups -OCH3 is 1. The summed E-state index contributed by atoms with van der Waals surface area (Å²) in [5, 5.41) is 4.36. The Morgan fingerprint density at radius 2 is 2.00 bits per heavy atom. The van der Waals surface area contributed by atoms with E-state index in [2.05, 4.69) is 71.2 Å². The van der Waals surface area contributed by atoms with Crippen LogP contribution in [0.4, 0.5) is 5.69 Å². The third-order valence-corrected chi connectivity index (χ3v) is 11.5. The second-order valence-electron chi connectivity index (χ2n) is 8.71. The van der Waals surface area contributed by atoms with Crippen molar-refractivity contribution in [2.24, 2.45) is 0 Å². The van der Waals surface area contributed by atoms with E-state index in [1.165, 1.54) is 35.1 Å². The van der Waals surface area contributed by atoms with E-state index in [-0.39, 0.29) is 20.7 Å². The van der Waals surface area contributed by atoms with Crippen LogP contribution in [0.5, 0.6) is 5.75 Å². The predicted molar refractivity (Wildman–Crippen MR) is 156 cm³/mol. The summed E-state index contributed by atoms with van der Waals surface area (Å²) in [5.74, 6) is 0.622. The molecular weight excluding hydrogens is 591 g/mol. The van der Waals surface area contributed by atoms with E-state index in [4.69, 9.17) is 4.74 Å². The Hall–Kier alpha value is -2.20. The van der Waals surface area contributed by atoms with E-state index >= 15 is 0 Å². The first-order chi connectivity index (χ1) is 17.8. The molecule has 4 aromatic rings. The fourth-order valence-electron chi connectivity index (χ4n) is 4.59. The quantitative estimate of drug-likeness (QED) is 0.158. The van der Waals surface area contributed by atoms with E-state index in [9.17, 15) is 13.0 Å². The summed E-state index contributed by atoms with van der Waals surface area (Å²) < 4.78 is 44.9. The van der Waals surface area contributed by atoms with Gasteiger partial charge in [-0.1, -0.05) is 0 Å². The first kappa shape index (κ1) is 26.4. The minimum absolute atomic E-state index is 0.209. The standard InChI is InChI=1S/C27H28N2O4S3Se/c1-4-18(16-26-28(5-2)21-17-19(33-3)7-10-24(21)37-26)15-25-29(12-6-14-36(30,31)32)27-20-11-13-34-22(20)8-9-23(27)35-25/h7-11,13,15-17H,4-6,12,14H2,1-3H3/p+1. The number of allylic oxidation sites excluding steroid dienone is 2. The number of aromatic nitrogens is 1. The zero-order chi connectivity index (χ0) is 26.2. The van der Waals surface area contributed by atoms with Gasteiger partial charge in [-0.3, -0.25) is 0 Å². The molecule has 1 aliphatic rings. The third kappa shape index (κ3) is 5.50. The summed E-state index contributed by atoms with van der Waals surface area (Å²) in [6, 6.07) is 12.8. The average molecular weight is 621 g/mol. The Kier molecular flexibility index (Phi) is 7.77. The number of anilines is 1. The molecule has 6 nitrogen and oxygen atoms in total. The van der Waals surface area contributed by atoms with Gasteiger partial charge in [-0.05, 0) is 0 Å². The van der Waals surface area contributed by atoms with Crippen LogP contribution in [0.25, 0.3) is 26.4 Å². The van der Waals surface area contributed by atoms with Crippen LogP contribution in [-0.2, 0) is 16.7 Å².